The minimum Gasteiger partial charge on any atom is -0.361 e. The molecule has 2 aliphatic rings. The van der Waals surface area contributed by atoms with Gasteiger partial charge in [-0.3, -0.25) is 14.5 Å². The second-order valence-electron chi connectivity index (χ2n) is 13.9. The molecule has 0 saturated carbocycles. The number of nitrogens with one attached hydrogen (secondary N) is 2. The predicted molar refractivity (Wildman–Crippen MR) is 192 cm³/mol. The molecule has 2 N–H and O–H groups in total. The molecule has 1 saturated heterocycles. The number of carbonyl (C=O) groups excluding carboxylic acids is 2. The van der Waals surface area contributed by atoms with Crippen molar-refractivity contribution in [2.75, 3.05) is 45.2 Å². The van der Waals surface area contributed by atoms with Gasteiger partial charge in [0.05, 0.1) is 0 Å². The van der Waals surface area contributed by atoms with E-state index in [0.29, 0.717) is 30.3 Å². The summed E-state index contributed by atoms with van der Waals surface area (Å²) in [4.78, 5) is 38.1. The van der Waals surface area contributed by atoms with Crippen LogP contribution in [-0.2, 0) is 29.0 Å². The molecule has 2 atom stereocenters. The molecule has 0 aliphatic carbocycles. The molecule has 0 bridgehead atoms. The average Bonchev–Trinajstić information content (AvgIpc) is 3.46. The monoisotopic (exact) mass is 653 g/mol. The van der Waals surface area contributed by atoms with E-state index in [1.54, 1.807) is 0 Å². The number of nitrogens with zero attached hydrogens (tertiary/aromatic N) is 3. The fourth-order valence-corrected chi connectivity index (χ4v) is 7.73. The summed E-state index contributed by atoms with van der Waals surface area (Å²) in [6, 6.07) is 21.8. The van der Waals surface area contributed by atoms with E-state index < -0.39 is 6.04 Å². The van der Waals surface area contributed by atoms with Gasteiger partial charge in [-0.1, -0.05) is 54.1 Å². The standard InChI is InChI=1S/C39H48ClN5O2/c1-27-8-4-5-9-30(27)26-44-18-16-28(17-19-44)12-15-38(46)42-36(22-32-23-41-35-11-7-6-10-34(32)35)39(47)45-25-29(24-43(2)3)20-31-21-33(40)13-14-37(31)45/h4-11,13-14,21,23,28-29,36,41H,12,15-20,22,24-26H2,1-3H3,(H,42,46)/t29-,36-/m1/s1. The topological polar surface area (TPSA) is 71.7 Å². The number of anilines is 1. The van der Waals surface area contributed by atoms with Gasteiger partial charge in [-0.05, 0) is 118 Å². The summed E-state index contributed by atoms with van der Waals surface area (Å²) in [6.45, 7) is 6.73. The molecule has 1 fully saturated rings. The number of piperidine rings is 1. The molecule has 4 aromatic rings. The van der Waals surface area contributed by atoms with Gasteiger partial charge in [0.2, 0.25) is 11.8 Å². The van der Waals surface area contributed by atoms with Gasteiger partial charge in [0.1, 0.15) is 6.04 Å². The second kappa shape index (κ2) is 15.1. The third-order valence-corrected chi connectivity index (χ3v) is 10.3. The highest BCUT2D eigenvalue weighted by Crippen LogP contribution is 2.33. The minimum absolute atomic E-state index is 0.0521. The Bertz CT molecular complexity index is 1690. The highest BCUT2D eigenvalue weighted by molar-refractivity contribution is 6.30. The predicted octanol–water partition coefficient (Wildman–Crippen LogP) is 6.62. The van der Waals surface area contributed by atoms with Crippen molar-refractivity contribution in [3.8, 4) is 0 Å². The molecule has 248 valence electrons. The Morgan fingerprint density at radius 2 is 1.77 bits per heavy atom. The van der Waals surface area contributed by atoms with Crippen LogP contribution in [-0.4, -0.2) is 72.9 Å². The molecule has 3 heterocycles. The van der Waals surface area contributed by atoms with E-state index >= 15 is 0 Å². The Balaban J connectivity index is 1.14. The number of likely N-dealkylation sites (tertiary alicyclic amines) is 1. The van der Waals surface area contributed by atoms with Crippen LogP contribution in [0.3, 0.4) is 0 Å². The molecule has 0 radical (unpaired) electrons. The maximum atomic E-state index is 14.5. The highest BCUT2D eigenvalue weighted by atomic mass is 35.5. The van der Waals surface area contributed by atoms with E-state index in [1.807, 2.05) is 47.5 Å². The maximum Gasteiger partial charge on any atom is 0.249 e. The molecular formula is C39H48ClN5O2. The van der Waals surface area contributed by atoms with Crippen molar-refractivity contribution in [1.29, 1.82) is 0 Å². The number of halogens is 1. The van der Waals surface area contributed by atoms with Gasteiger partial charge in [0.15, 0.2) is 0 Å². The average molecular weight is 654 g/mol. The van der Waals surface area contributed by atoms with Gasteiger partial charge < -0.3 is 20.1 Å². The van der Waals surface area contributed by atoms with Crippen LogP contribution < -0.4 is 10.2 Å². The summed E-state index contributed by atoms with van der Waals surface area (Å²) in [5.41, 5.74) is 6.76. The minimum atomic E-state index is -0.681. The Morgan fingerprint density at radius 1 is 1.00 bits per heavy atom. The SMILES string of the molecule is Cc1ccccc1CN1CCC(CCC(=O)N[C@H](Cc2c[nH]c3ccccc23)C(=O)N2C[C@@H](CN(C)C)Cc3cc(Cl)ccc32)CC1. The largest absolute Gasteiger partial charge is 0.361 e. The van der Waals surface area contributed by atoms with E-state index in [2.05, 4.69) is 71.5 Å². The lowest BCUT2D eigenvalue weighted by Gasteiger charge is -2.37. The van der Waals surface area contributed by atoms with Crippen LogP contribution in [0.15, 0.2) is 72.9 Å². The molecule has 2 aliphatic heterocycles. The molecular weight excluding hydrogens is 606 g/mol. The fraction of sp³-hybridized carbons (Fsp3) is 0.436. The van der Waals surface area contributed by atoms with Crippen molar-refractivity contribution >= 4 is 40.0 Å². The van der Waals surface area contributed by atoms with Crippen molar-refractivity contribution < 1.29 is 9.59 Å². The van der Waals surface area contributed by atoms with Gasteiger partial charge >= 0.3 is 0 Å². The highest BCUT2D eigenvalue weighted by Gasteiger charge is 2.34. The Hall–Kier alpha value is -3.65. The number of rotatable bonds is 11. The summed E-state index contributed by atoms with van der Waals surface area (Å²) in [7, 11) is 4.13. The number of aryl methyl sites for hydroxylation is 1. The van der Waals surface area contributed by atoms with Crippen LogP contribution in [0.1, 0.15) is 47.9 Å². The van der Waals surface area contributed by atoms with Gasteiger partial charge in [-0.15, -0.1) is 0 Å². The molecule has 1 aromatic heterocycles. The first-order valence-electron chi connectivity index (χ1n) is 17.1. The van der Waals surface area contributed by atoms with Crippen LogP contribution in [0.5, 0.6) is 0 Å². The van der Waals surface area contributed by atoms with Gasteiger partial charge in [-0.25, -0.2) is 0 Å². The first-order chi connectivity index (χ1) is 22.7. The van der Waals surface area contributed by atoms with Crippen LogP contribution in [0.25, 0.3) is 10.9 Å². The van der Waals surface area contributed by atoms with E-state index in [-0.39, 0.29) is 17.7 Å². The third-order valence-electron chi connectivity index (χ3n) is 10.0. The molecule has 3 aromatic carbocycles. The second-order valence-corrected chi connectivity index (χ2v) is 14.4. The number of benzene rings is 3. The number of aromatic nitrogens is 1. The van der Waals surface area contributed by atoms with Crippen LogP contribution >= 0.6 is 11.6 Å². The van der Waals surface area contributed by atoms with Crippen molar-refractivity contribution in [3.05, 3.63) is 100 Å². The normalized spacial score (nSPS) is 18.0. The zero-order valence-electron chi connectivity index (χ0n) is 28.0. The van der Waals surface area contributed by atoms with Crippen LogP contribution in [0.4, 0.5) is 5.69 Å². The first-order valence-corrected chi connectivity index (χ1v) is 17.5. The molecule has 0 spiro atoms. The Morgan fingerprint density at radius 3 is 2.55 bits per heavy atom. The zero-order valence-corrected chi connectivity index (χ0v) is 28.7. The summed E-state index contributed by atoms with van der Waals surface area (Å²) < 4.78 is 0. The third kappa shape index (κ3) is 8.26. The Labute approximate surface area is 284 Å². The molecule has 47 heavy (non-hydrogen) atoms. The molecule has 6 rings (SSSR count). The smallest absolute Gasteiger partial charge is 0.249 e. The van der Waals surface area contributed by atoms with Crippen molar-refractivity contribution in [2.24, 2.45) is 11.8 Å². The van der Waals surface area contributed by atoms with E-state index in [0.717, 1.165) is 79.6 Å². The van der Waals surface area contributed by atoms with Crippen molar-refractivity contribution in [3.63, 3.8) is 0 Å². The molecule has 2 amide bonds. The number of aromatic amines is 1. The van der Waals surface area contributed by atoms with Gasteiger partial charge in [0, 0.05) is 60.3 Å². The number of hydrogen-bond acceptors (Lipinski definition) is 4. The summed E-state index contributed by atoms with van der Waals surface area (Å²) in [5, 5.41) is 4.96. The summed E-state index contributed by atoms with van der Waals surface area (Å²) in [6.07, 6.45) is 6.71. The summed E-state index contributed by atoms with van der Waals surface area (Å²) in [5.74, 6) is 0.659. The van der Waals surface area contributed by atoms with Crippen LogP contribution in [0, 0.1) is 18.8 Å². The molecule has 8 heteroatoms. The first kappa shape index (κ1) is 33.3. The number of hydrogen-bond donors (Lipinski definition) is 2. The molecule has 0 unspecified atom stereocenters. The number of H-pyrrole nitrogens is 1. The number of fused-ring (bicyclic) bond motifs is 2. The number of para-hydroxylation sites is 1. The molecule has 7 nitrogen and oxygen atoms in total. The number of amides is 2. The lowest BCUT2D eigenvalue weighted by molar-refractivity contribution is -0.128. The van der Waals surface area contributed by atoms with Crippen molar-refractivity contribution in [2.45, 2.75) is 58.0 Å². The lowest BCUT2D eigenvalue weighted by Crippen LogP contribution is -2.53. The number of carbonyl (C=O) groups is 2. The van der Waals surface area contributed by atoms with Crippen LogP contribution in [0.2, 0.25) is 5.02 Å². The van der Waals surface area contributed by atoms with E-state index in [4.69, 9.17) is 11.6 Å². The lowest BCUT2D eigenvalue weighted by atomic mass is 9.90. The van der Waals surface area contributed by atoms with Crippen molar-refractivity contribution in [1.82, 2.24) is 20.1 Å². The quantitative estimate of drug-likeness (QED) is 0.191. The maximum absolute atomic E-state index is 14.5. The van der Waals surface area contributed by atoms with E-state index in [1.165, 1.54) is 11.1 Å². The Kier molecular flexibility index (Phi) is 10.7. The summed E-state index contributed by atoms with van der Waals surface area (Å²) >= 11 is 6.41. The van der Waals surface area contributed by atoms with E-state index in [9.17, 15) is 9.59 Å². The fourth-order valence-electron chi connectivity index (χ4n) is 7.53. The van der Waals surface area contributed by atoms with Gasteiger partial charge in [0.25, 0.3) is 0 Å². The van der Waals surface area contributed by atoms with Gasteiger partial charge in [-0.2, -0.15) is 0 Å². The zero-order chi connectivity index (χ0) is 32.9.